The van der Waals surface area contributed by atoms with Gasteiger partial charge in [-0.1, -0.05) is 27.7 Å². The molecule has 2 spiro atoms. The number of ketones is 1. The van der Waals surface area contributed by atoms with Crippen molar-refractivity contribution in [2.45, 2.75) is 128 Å². The largest absolute Gasteiger partial charge is 0.396 e. The lowest BCUT2D eigenvalue weighted by atomic mass is 9.78. The Hall–Kier alpha value is -0.830. The van der Waals surface area contributed by atoms with Crippen LogP contribution in [0.5, 0.6) is 0 Å². The number of carbonyl (C=O) groups excluding carboxylic acids is 1. The molecule has 0 bridgehead atoms. The maximum absolute atomic E-state index is 13.2. The molecule has 2 N–H and O–H groups in total. The van der Waals surface area contributed by atoms with E-state index in [9.17, 15) is 15.0 Å². The van der Waals surface area contributed by atoms with Gasteiger partial charge >= 0.3 is 0 Å². The highest BCUT2D eigenvalue weighted by Crippen LogP contribution is 2.52. The van der Waals surface area contributed by atoms with Crippen LogP contribution in [0.25, 0.3) is 0 Å². The van der Waals surface area contributed by atoms with Crippen molar-refractivity contribution in [2.24, 2.45) is 17.8 Å². The molecule has 0 aromatic heterocycles. The van der Waals surface area contributed by atoms with Gasteiger partial charge in [0, 0.05) is 24.9 Å². The monoisotopic (exact) mass is 480 g/mol. The first-order chi connectivity index (χ1) is 16.0. The number of hydrogen-bond acceptors (Lipinski definition) is 7. The third kappa shape index (κ3) is 4.20. The maximum atomic E-state index is 13.2. The summed E-state index contributed by atoms with van der Waals surface area (Å²) in [6.07, 6.45) is 7.27. The van der Waals surface area contributed by atoms with E-state index in [-0.39, 0.29) is 48.5 Å². The van der Waals surface area contributed by atoms with Gasteiger partial charge in [0.05, 0.1) is 29.5 Å². The molecule has 0 saturated carbocycles. The second-order valence-corrected chi connectivity index (χ2v) is 11.5. The predicted molar refractivity (Wildman–Crippen MR) is 127 cm³/mol. The number of aliphatic hydroxyl groups is 2. The summed E-state index contributed by atoms with van der Waals surface area (Å²) >= 11 is 0. The lowest BCUT2D eigenvalue weighted by Crippen LogP contribution is -2.61. The van der Waals surface area contributed by atoms with Crippen LogP contribution in [0.3, 0.4) is 0 Å². The molecule has 10 atom stereocenters. The van der Waals surface area contributed by atoms with E-state index in [1.807, 2.05) is 20.8 Å². The van der Waals surface area contributed by atoms with Gasteiger partial charge in [0.25, 0.3) is 0 Å². The first-order valence-electron chi connectivity index (χ1n) is 13.3. The Balaban J connectivity index is 1.56. The van der Waals surface area contributed by atoms with E-state index in [4.69, 9.17) is 18.9 Å². The zero-order valence-electron chi connectivity index (χ0n) is 21.7. The summed E-state index contributed by atoms with van der Waals surface area (Å²) in [7, 11) is 0. The van der Waals surface area contributed by atoms with Crippen LogP contribution in [-0.4, -0.2) is 63.7 Å². The van der Waals surface area contributed by atoms with Gasteiger partial charge in [0.15, 0.2) is 5.79 Å². The Labute approximate surface area is 204 Å². The van der Waals surface area contributed by atoms with E-state index >= 15 is 0 Å². The van der Waals surface area contributed by atoms with Gasteiger partial charge in [-0.05, 0) is 70.4 Å². The molecule has 4 aliphatic rings. The van der Waals surface area contributed by atoms with Gasteiger partial charge in [-0.2, -0.15) is 0 Å². The minimum atomic E-state index is -1.41. The van der Waals surface area contributed by atoms with E-state index in [1.54, 1.807) is 12.2 Å². The van der Waals surface area contributed by atoms with E-state index in [2.05, 4.69) is 20.8 Å². The fourth-order valence-electron chi connectivity index (χ4n) is 6.62. The molecular formula is C27H44O7. The van der Waals surface area contributed by atoms with E-state index in [0.717, 1.165) is 12.8 Å². The minimum absolute atomic E-state index is 0.00848. The lowest BCUT2D eigenvalue weighted by molar-refractivity contribution is -0.380. The standard InChI is InChI=1S/C27H44O7/c1-7-20(16-28)23-17(3)15-18(4)26(32-23)12-9-21(29)27(34-26)14-13-24(6,33-27)22-10-11-25(30,8-2)19(5)31-22/h9,12,17-20,22-23,28,30H,7-8,10-11,13-16H2,1-6H3/t17-,18+,19-,20-,22+,23-,24-,25+,26+,27+/m0/s1. The predicted octanol–water partition coefficient (Wildman–Crippen LogP) is 3.89. The smallest absolute Gasteiger partial charge is 0.236 e. The molecule has 0 aliphatic carbocycles. The highest BCUT2D eigenvalue weighted by atomic mass is 16.8. The van der Waals surface area contributed by atoms with Crippen LogP contribution in [0.4, 0.5) is 0 Å². The topological polar surface area (TPSA) is 94.5 Å². The van der Waals surface area contributed by atoms with Crippen molar-refractivity contribution in [1.29, 1.82) is 0 Å². The minimum Gasteiger partial charge on any atom is -0.396 e. The molecular weight excluding hydrogens is 436 g/mol. The molecule has 0 unspecified atom stereocenters. The molecule has 3 fully saturated rings. The molecule has 4 aliphatic heterocycles. The average Bonchev–Trinajstić information content (AvgIpc) is 3.15. The quantitative estimate of drug-likeness (QED) is 0.616. The first-order valence-corrected chi connectivity index (χ1v) is 13.3. The zero-order chi connectivity index (χ0) is 24.9. The van der Waals surface area contributed by atoms with Crippen molar-refractivity contribution in [3.63, 3.8) is 0 Å². The average molecular weight is 481 g/mol. The first kappa shape index (κ1) is 26.2. The van der Waals surface area contributed by atoms with Gasteiger partial charge in [-0.25, -0.2) is 0 Å². The van der Waals surface area contributed by atoms with E-state index in [1.165, 1.54) is 0 Å². The Kier molecular flexibility index (Phi) is 7.13. The van der Waals surface area contributed by atoms with Crippen LogP contribution >= 0.6 is 0 Å². The molecule has 4 heterocycles. The highest BCUT2D eigenvalue weighted by molar-refractivity contribution is 5.97. The van der Waals surface area contributed by atoms with Crippen LogP contribution < -0.4 is 0 Å². The van der Waals surface area contributed by atoms with E-state index < -0.39 is 22.8 Å². The van der Waals surface area contributed by atoms with Gasteiger partial charge in [-0.15, -0.1) is 0 Å². The van der Waals surface area contributed by atoms with Crippen LogP contribution in [0.15, 0.2) is 12.2 Å². The van der Waals surface area contributed by atoms with Crippen molar-refractivity contribution in [2.75, 3.05) is 6.61 Å². The van der Waals surface area contributed by atoms with Crippen molar-refractivity contribution >= 4 is 5.78 Å². The number of ether oxygens (including phenoxy) is 4. The van der Waals surface area contributed by atoms with Gasteiger partial charge < -0.3 is 29.2 Å². The van der Waals surface area contributed by atoms with Crippen LogP contribution in [0.1, 0.15) is 86.5 Å². The summed E-state index contributed by atoms with van der Waals surface area (Å²) in [6.45, 7) is 12.2. The molecule has 7 heteroatoms. The fourth-order valence-corrected chi connectivity index (χ4v) is 6.62. The fraction of sp³-hybridized carbons (Fsp3) is 0.889. The van der Waals surface area contributed by atoms with Crippen LogP contribution in [-0.2, 0) is 23.7 Å². The summed E-state index contributed by atoms with van der Waals surface area (Å²) < 4.78 is 26.1. The van der Waals surface area contributed by atoms with Gasteiger partial charge in [0.1, 0.15) is 0 Å². The molecule has 0 radical (unpaired) electrons. The molecule has 3 saturated heterocycles. The van der Waals surface area contributed by atoms with Crippen molar-refractivity contribution < 1.29 is 34.0 Å². The van der Waals surface area contributed by atoms with Gasteiger partial charge in [-0.3, -0.25) is 4.79 Å². The third-order valence-electron chi connectivity index (χ3n) is 9.29. The molecule has 0 amide bonds. The maximum Gasteiger partial charge on any atom is 0.236 e. The Morgan fingerprint density at radius 2 is 1.88 bits per heavy atom. The summed E-state index contributed by atoms with van der Waals surface area (Å²) in [5.41, 5.74) is -1.53. The molecule has 0 aromatic carbocycles. The summed E-state index contributed by atoms with van der Waals surface area (Å²) in [6, 6.07) is 0. The SMILES string of the molecule is CC[C@@H](CO)[C@H]1O[C@@]2(C=CC(=O)[C@@]3(CC[C@@](C)([C@H]4CC[C@](O)(CC)[C@H](C)O4)O3)O2)[C@H](C)C[C@@H]1C. The Bertz CT molecular complexity index is 796. The van der Waals surface area contributed by atoms with E-state index in [0.29, 0.717) is 32.1 Å². The normalized spacial score (nSPS) is 50.2. The number of carbonyl (C=O) groups is 1. The highest BCUT2D eigenvalue weighted by Gasteiger charge is 2.63. The second kappa shape index (κ2) is 9.24. The summed E-state index contributed by atoms with van der Waals surface area (Å²) in [5.74, 6) is -2.37. The van der Waals surface area contributed by atoms with Crippen molar-refractivity contribution in [3.05, 3.63) is 12.2 Å². The number of rotatable bonds is 5. The Morgan fingerprint density at radius 1 is 1.15 bits per heavy atom. The lowest BCUT2D eigenvalue weighted by Gasteiger charge is -2.52. The van der Waals surface area contributed by atoms with Crippen molar-refractivity contribution in [3.8, 4) is 0 Å². The van der Waals surface area contributed by atoms with Crippen LogP contribution in [0, 0.1) is 17.8 Å². The molecule has 194 valence electrons. The third-order valence-corrected chi connectivity index (χ3v) is 9.29. The van der Waals surface area contributed by atoms with Crippen LogP contribution in [0.2, 0.25) is 0 Å². The van der Waals surface area contributed by atoms with Crippen molar-refractivity contribution in [1.82, 2.24) is 0 Å². The molecule has 0 aromatic rings. The van der Waals surface area contributed by atoms with Gasteiger partial charge in [0.2, 0.25) is 11.6 Å². The number of aliphatic hydroxyl groups excluding tert-OH is 1. The second-order valence-electron chi connectivity index (χ2n) is 11.5. The molecule has 4 rings (SSSR count). The summed E-state index contributed by atoms with van der Waals surface area (Å²) in [5, 5.41) is 20.8. The summed E-state index contributed by atoms with van der Waals surface area (Å²) in [4.78, 5) is 13.2. The Morgan fingerprint density at radius 3 is 2.50 bits per heavy atom. The molecule has 7 nitrogen and oxygen atoms in total. The number of hydrogen-bond donors (Lipinski definition) is 2. The molecule has 34 heavy (non-hydrogen) atoms. The zero-order valence-corrected chi connectivity index (χ0v) is 21.7.